The molecule has 0 aromatic heterocycles. The predicted octanol–water partition coefficient (Wildman–Crippen LogP) is 2.26. The average Bonchev–Trinajstić information content (AvgIpc) is 2.04. The quantitative estimate of drug-likeness (QED) is 0.531. The van der Waals surface area contributed by atoms with Gasteiger partial charge in [0.1, 0.15) is 0 Å². The highest BCUT2D eigenvalue weighted by atomic mass is 28.4. The van der Waals surface area contributed by atoms with Crippen LogP contribution < -0.4 is 0 Å². The zero-order chi connectivity index (χ0) is 10.5. The van der Waals surface area contributed by atoms with E-state index in [9.17, 15) is 4.79 Å². The van der Waals surface area contributed by atoms with Gasteiger partial charge < -0.3 is 9.53 Å². The Kier molecular flexibility index (Phi) is 4.94. The smallest absolute Gasteiger partial charge is 0.330 e. The first kappa shape index (κ1) is 12.4. The maximum atomic E-state index is 10.4. The van der Waals surface area contributed by atoms with E-state index in [1.807, 2.05) is 0 Å². The molecule has 3 nitrogen and oxygen atoms in total. The molecule has 76 valence electrons. The van der Waals surface area contributed by atoms with Crippen molar-refractivity contribution in [3.63, 3.8) is 0 Å². The summed E-state index contributed by atoms with van der Waals surface area (Å²) in [5, 5.41) is 8.55. The molecule has 0 aromatic carbocycles. The van der Waals surface area contributed by atoms with Crippen LogP contribution in [0.3, 0.4) is 0 Å². The molecule has 0 rings (SSSR count). The lowest BCUT2D eigenvalue weighted by atomic mass is 10.2. The van der Waals surface area contributed by atoms with E-state index in [1.165, 1.54) is 0 Å². The third kappa shape index (κ3) is 5.60. The van der Waals surface area contributed by atoms with Gasteiger partial charge in [-0.3, -0.25) is 0 Å². The number of aliphatic carboxylic acids is 1. The molecule has 0 saturated heterocycles. The Hall–Kier alpha value is -0.613. The molecule has 1 N–H and O–H groups in total. The largest absolute Gasteiger partial charge is 0.478 e. The molecular formula is C9H18O3Si. The van der Waals surface area contributed by atoms with E-state index in [2.05, 4.69) is 19.7 Å². The van der Waals surface area contributed by atoms with Crippen molar-refractivity contribution >= 4 is 14.3 Å². The van der Waals surface area contributed by atoms with Crippen LogP contribution >= 0.6 is 0 Å². The molecule has 0 radical (unpaired) electrons. The Bertz CT molecular complexity index is 199. The molecule has 0 spiro atoms. The summed E-state index contributed by atoms with van der Waals surface area (Å²) in [6, 6.07) is 0.982. The zero-order valence-corrected chi connectivity index (χ0v) is 9.59. The summed E-state index contributed by atoms with van der Waals surface area (Å²) < 4.78 is 5.34. The van der Waals surface area contributed by atoms with E-state index in [0.717, 1.165) is 12.5 Å². The van der Waals surface area contributed by atoms with Gasteiger partial charge in [0.15, 0.2) is 8.32 Å². The summed E-state index contributed by atoms with van der Waals surface area (Å²) >= 11 is 0. The lowest BCUT2D eigenvalue weighted by Gasteiger charge is -2.19. The zero-order valence-electron chi connectivity index (χ0n) is 8.59. The van der Waals surface area contributed by atoms with Gasteiger partial charge in [-0.15, -0.1) is 0 Å². The molecular weight excluding hydrogens is 184 g/mol. The number of carboxylic acids is 1. The molecule has 13 heavy (non-hydrogen) atoms. The van der Waals surface area contributed by atoms with Crippen molar-refractivity contribution in [1.29, 1.82) is 0 Å². The highest BCUT2D eigenvalue weighted by molar-refractivity contribution is 6.71. The van der Waals surface area contributed by atoms with Gasteiger partial charge in [-0.05, 0) is 32.0 Å². The Labute approximate surface area is 80.5 Å². The van der Waals surface area contributed by atoms with Crippen LogP contribution in [0, 0.1) is 0 Å². The van der Waals surface area contributed by atoms with Crippen molar-refractivity contribution in [2.24, 2.45) is 0 Å². The van der Waals surface area contributed by atoms with Crippen molar-refractivity contribution in [3.8, 4) is 0 Å². The molecule has 0 unspecified atom stereocenters. The molecule has 0 aliphatic carbocycles. The first-order chi connectivity index (χ1) is 5.89. The number of hydrogen-bond donors (Lipinski definition) is 1. The fourth-order valence-corrected chi connectivity index (χ4v) is 2.17. The Morgan fingerprint density at radius 3 is 2.46 bits per heavy atom. The van der Waals surface area contributed by atoms with Crippen LogP contribution in [-0.2, 0) is 9.22 Å². The van der Waals surface area contributed by atoms with Crippen LogP contribution in [-0.4, -0.2) is 26.5 Å². The number of carbonyl (C=O) groups is 1. The summed E-state index contributed by atoms with van der Waals surface area (Å²) in [5.74, 6) is -0.892. The molecule has 0 aliphatic rings. The molecule has 0 fully saturated rings. The van der Waals surface area contributed by atoms with Crippen LogP contribution in [0.4, 0.5) is 0 Å². The predicted molar refractivity (Wildman–Crippen MR) is 55.3 cm³/mol. The second kappa shape index (κ2) is 5.19. The number of carboxylic acid groups (broad SMARTS) is 1. The van der Waals surface area contributed by atoms with Crippen molar-refractivity contribution in [3.05, 3.63) is 12.2 Å². The monoisotopic (exact) mass is 202 g/mol. The summed E-state index contributed by atoms with van der Waals surface area (Å²) in [7, 11) is 0.208. The van der Waals surface area contributed by atoms with E-state index in [-0.39, 0.29) is 0 Å². The molecule has 0 atom stereocenters. The fourth-order valence-electron chi connectivity index (χ4n) is 0.936. The third-order valence-corrected chi connectivity index (χ3v) is 4.78. The maximum Gasteiger partial charge on any atom is 0.330 e. The minimum Gasteiger partial charge on any atom is -0.478 e. The summed E-state index contributed by atoms with van der Waals surface area (Å²) in [4.78, 5) is 10.4. The summed E-state index contributed by atoms with van der Waals surface area (Å²) in [6.07, 6.45) is 1.42. The Morgan fingerprint density at radius 1 is 1.54 bits per heavy atom. The molecule has 0 aliphatic heterocycles. The molecule has 0 heterocycles. The first-order valence-electron chi connectivity index (χ1n) is 4.35. The second-order valence-corrected chi connectivity index (χ2v) is 8.15. The maximum absolute atomic E-state index is 10.4. The molecule has 0 bridgehead atoms. The van der Waals surface area contributed by atoms with E-state index in [1.54, 1.807) is 7.11 Å². The van der Waals surface area contributed by atoms with Gasteiger partial charge in [-0.1, -0.05) is 6.58 Å². The van der Waals surface area contributed by atoms with Gasteiger partial charge in [0.2, 0.25) is 0 Å². The van der Waals surface area contributed by atoms with Gasteiger partial charge in [-0.2, -0.15) is 0 Å². The minimum absolute atomic E-state index is 0.293. The second-order valence-electron chi connectivity index (χ2n) is 3.73. The van der Waals surface area contributed by atoms with Gasteiger partial charge in [0, 0.05) is 12.7 Å². The van der Waals surface area contributed by atoms with Crippen LogP contribution in [0.5, 0.6) is 0 Å². The van der Waals surface area contributed by atoms with Crippen LogP contribution in [0.25, 0.3) is 0 Å². The SMILES string of the molecule is C=C(CCC[Si](C)(C)OC)C(=O)O. The normalized spacial score (nSPS) is 11.3. The molecule has 4 heteroatoms. The topological polar surface area (TPSA) is 46.5 Å². The van der Waals surface area contributed by atoms with Crippen molar-refractivity contribution in [2.75, 3.05) is 7.11 Å². The van der Waals surface area contributed by atoms with Crippen LogP contribution in [0.2, 0.25) is 19.1 Å². The van der Waals surface area contributed by atoms with Crippen LogP contribution in [0.1, 0.15) is 12.8 Å². The molecule has 0 amide bonds. The molecule has 0 aromatic rings. The number of hydrogen-bond acceptors (Lipinski definition) is 2. The van der Waals surface area contributed by atoms with E-state index >= 15 is 0 Å². The minimum atomic E-state index is -1.51. The van der Waals surface area contributed by atoms with Gasteiger partial charge in [0.25, 0.3) is 0 Å². The van der Waals surface area contributed by atoms with Gasteiger partial charge in [0.05, 0.1) is 0 Å². The lowest BCUT2D eigenvalue weighted by molar-refractivity contribution is -0.132. The average molecular weight is 202 g/mol. The third-order valence-electron chi connectivity index (χ3n) is 2.11. The highest BCUT2D eigenvalue weighted by Crippen LogP contribution is 2.16. The van der Waals surface area contributed by atoms with Gasteiger partial charge in [-0.25, -0.2) is 4.79 Å². The van der Waals surface area contributed by atoms with Crippen LogP contribution in [0.15, 0.2) is 12.2 Å². The van der Waals surface area contributed by atoms with Crippen molar-refractivity contribution in [1.82, 2.24) is 0 Å². The van der Waals surface area contributed by atoms with Gasteiger partial charge >= 0.3 is 5.97 Å². The van der Waals surface area contributed by atoms with E-state index < -0.39 is 14.3 Å². The highest BCUT2D eigenvalue weighted by Gasteiger charge is 2.19. The van der Waals surface area contributed by atoms with Crippen molar-refractivity contribution < 1.29 is 14.3 Å². The first-order valence-corrected chi connectivity index (χ1v) is 7.47. The molecule has 0 saturated carbocycles. The lowest BCUT2D eigenvalue weighted by Crippen LogP contribution is -2.28. The summed E-state index contributed by atoms with van der Waals surface area (Å²) in [6.45, 7) is 7.72. The Balaban J connectivity index is 3.68. The number of rotatable bonds is 6. The Morgan fingerprint density at radius 2 is 2.08 bits per heavy atom. The summed E-state index contributed by atoms with van der Waals surface area (Å²) in [5.41, 5.74) is 0.293. The fraction of sp³-hybridized carbons (Fsp3) is 0.667. The van der Waals surface area contributed by atoms with E-state index in [4.69, 9.17) is 9.53 Å². The standard InChI is InChI=1S/C9H18O3Si/c1-8(9(10)11)6-5-7-13(3,4)12-2/h1,5-7H2,2-4H3,(H,10,11). The van der Waals surface area contributed by atoms with Crippen molar-refractivity contribution in [2.45, 2.75) is 32.0 Å². The van der Waals surface area contributed by atoms with E-state index in [0.29, 0.717) is 12.0 Å².